The van der Waals surface area contributed by atoms with Gasteiger partial charge in [-0.1, -0.05) is 6.07 Å². The van der Waals surface area contributed by atoms with Crippen molar-refractivity contribution < 1.29 is 4.79 Å². The lowest BCUT2D eigenvalue weighted by atomic mass is 9.87. The number of aryl methyl sites for hydroxylation is 1. The minimum atomic E-state index is -0.0941. The Morgan fingerprint density at radius 1 is 1.47 bits per heavy atom. The number of fused-ring (bicyclic) bond motifs is 1. The normalized spacial score (nSPS) is 17.8. The van der Waals surface area contributed by atoms with Crippen molar-refractivity contribution in [3.63, 3.8) is 0 Å². The number of carbonyl (C=O) groups excluding carboxylic acids is 1. The number of nitrogens with one attached hydrogen (secondary N) is 2. The van der Waals surface area contributed by atoms with Gasteiger partial charge in [-0.3, -0.25) is 9.89 Å². The van der Waals surface area contributed by atoms with Crippen LogP contribution in [-0.2, 0) is 6.42 Å². The number of nitrogens with two attached hydrogens (primary N) is 1. The van der Waals surface area contributed by atoms with E-state index < -0.39 is 0 Å². The summed E-state index contributed by atoms with van der Waals surface area (Å²) >= 11 is 0. The molecule has 1 aliphatic rings. The fourth-order valence-electron chi connectivity index (χ4n) is 2.60. The van der Waals surface area contributed by atoms with Crippen molar-refractivity contribution >= 4 is 11.6 Å². The highest BCUT2D eigenvalue weighted by Crippen LogP contribution is 2.31. The standard InChI is InChI=1S/C14H16N4O/c15-11-4-5-12-9(6-11)2-1-3-13(12)18-14(19)10-7-16-17-8-10/h4-8,13H,1-3,15H2,(H,16,17)(H,18,19). The molecule has 1 aromatic carbocycles. The van der Waals surface area contributed by atoms with Crippen LogP contribution < -0.4 is 11.1 Å². The van der Waals surface area contributed by atoms with E-state index in [4.69, 9.17) is 5.73 Å². The van der Waals surface area contributed by atoms with Crippen molar-refractivity contribution in [3.8, 4) is 0 Å². The summed E-state index contributed by atoms with van der Waals surface area (Å²) in [4.78, 5) is 12.1. The van der Waals surface area contributed by atoms with Crippen LogP contribution in [0.25, 0.3) is 0 Å². The van der Waals surface area contributed by atoms with Gasteiger partial charge in [-0.2, -0.15) is 5.10 Å². The zero-order chi connectivity index (χ0) is 13.2. The molecule has 2 aromatic rings. The maximum atomic E-state index is 12.1. The SMILES string of the molecule is Nc1ccc2c(c1)CCCC2NC(=O)c1cn[nH]c1. The molecule has 3 rings (SSSR count). The van der Waals surface area contributed by atoms with Gasteiger partial charge in [-0.25, -0.2) is 0 Å². The van der Waals surface area contributed by atoms with Gasteiger partial charge in [-0.15, -0.1) is 0 Å². The highest BCUT2D eigenvalue weighted by molar-refractivity contribution is 5.93. The summed E-state index contributed by atoms with van der Waals surface area (Å²) in [5.74, 6) is -0.0941. The van der Waals surface area contributed by atoms with E-state index in [0.29, 0.717) is 5.56 Å². The number of benzene rings is 1. The lowest BCUT2D eigenvalue weighted by Crippen LogP contribution is -2.30. The Kier molecular flexibility index (Phi) is 2.95. The average Bonchev–Trinajstić information content (AvgIpc) is 2.92. The number of carbonyl (C=O) groups is 1. The van der Waals surface area contributed by atoms with E-state index in [1.54, 1.807) is 6.20 Å². The van der Waals surface area contributed by atoms with Crippen LogP contribution in [0.4, 0.5) is 5.69 Å². The highest BCUT2D eigenvalue weighted by atomic mass is 16.1. The molecule has 0 fully saturated rings. The van der Waals surface area contributed by atoms with Gasteiger partial charge in [0.1, 0.15) is 0 Å². The summed E-state index contributed by atoms with van der Waals surface area (Å²) in [7, 11) is 0. The largest absolute Gasteiger partial charge is 0.399 e. The molecule has 1 aromatic heterocycles. The Morgan fingerprint density at radius 2 is 2.37 bits per heavy atom. The van der Waals surface area contributed by atoms with Gasteiger partial charge in [-0.05, 0) is 42.5 Å². The number of aromatic nitrogens is 2. The molecular weight excluding hydrogens is 240 g/mol. The zero-order valence-electron chi connectivity index (χ0n) is 10.5. The first-order valence-corrected chi connectivity index (χ1v) is 6.42. The van der Waals surface area contributed by atoms with Crippen LogP contribution in [0.15, 0.2) is 30.6 Å². The van der Waals surface area contributed by atoms with Gasteiger partial charge >= 0.3 is 0 Å². The number of amides is 1. The molecule has 19 heavy (non-hydrogen) atoms. The van der Waals surface area contributed by atoms with Crippen molar-refractivity contribution in [2.45, 2.75) is 25.3 Å². The van der Waals surface area contributed by atoms with Crippen LogP contribution in [0.3, 0.4) is 0 Å². The quantitative estimate of drug-likeness (QED) is 0.716. The minimum absolute atomic E-state index is 0.0618. The van der Waals surface area contributed by atoms with Crippen molar-refractivity contribution in [3.05, 3.63) is 47.3 Å². The van der Waals surface area contributed by atoms with Gasteiger partial charge in [0, 0.05) is 11.9 Å². The number of nitrogens with zero attached hydrogens (tertiary/aromatic N) is 1. The number of nitrogen functional groups attached to an aromatic ring is 1. The Bertz CT molecular complexity index is 591. The van der Waals surface area contributed by atoms with Gasteiger partial charge in [0.15, 0.2) is 0 Å². The summed E-state index contributed by atoms with van der Waals surface area (Å²) in [6.45, 7) is 0. The summed E-state index contributed by atoms with van der Waals surface area (Å²) in [6, 6.07) is 5.98. The number of hydrogen-bond donors (Lipinski definition) is 3. The molecule has 1 unspecified atom stereocenters. The molecule has 1 heterocycles. The van der Waals surface area contributed by atoms with Gasteiger partial charge in [0.25, 0.3) is 5.91 Å². The smallest absolute Gasteiger partial charge is 0.254 e. The summed E-state index contributed by atoms with van der Waals surface area (Å²) in [5.41, 5.74) is 9.56. The van der Waals surface area contributed by atoms with Crippen LogP contribution in [0, 0.1) is 0 Å². The lowest BCUT2D eigenvalue weighted by molar-refractivity contribution is 0.0933. The first-order valence-electron chi connectivity index (χ1n) is 6.42. The molecule has 1 amide bonds. The third-order valence-corrected chi connectivity index (χ3v) is 3.55. The number of anilines is 1. The van der Waals surface area contributed by atoms with E-state index in [9.17, 15) is 4.79 Å². The van der Waals surface area contributed by atoms with Crippen molar-refractivity contribution in [1.82, 2.24) is 15.5 Å². The van der Waals surface area contributed by atoms with E-state index in [1.165, 1.54) is 17.3 Å². The first kappa shape index (κ1) is 11.8. The Balaban J connectivity index is 1.82. The van der Waals surface area contributed by atoms with Crippen LogP contribution in [0.1, 0.15) is 40.4 Å². The fourth-order valence-corrected chi connectivity index (χ4v) is 2.60. The maximum absolute atomic E-state index is 12.1. The molecule has 0 radical (unpaired) electrons. The van der Waals surface area contributed by atoms with Crippen molar-refractivity contribution in [2.75, 3.05) is 5.73 Å². The molecule has 4 N–H and O–H groups in total. The number of rotatable bonds is 2. The Hall–Kier alpha value is -2.30. The molecule has 0 spiro atoms. The number of aromatic amines is 1. The second kappa shape index (κ2) is 4.76. The van der Waals surface area contributed by atoms with Gasteiger partial charge < -0.3 is 11.1 Å². The van der Waals surface area contributed by atoms with E-state index in [2.05, 4.69) is 15.5 Å². The summed E-state index contributed by atoms with van der Waals surface area (Å²) in [6.07, 6.45) is 6.18. The second-order valence-corrected chi connectivity index (χ2v) is 4.86. The molecule has 5 heteroatoms. The van der Waals surface area contributed by atoms with E-state index in [-0.39, 0.29) is 11.9 Å². The third kappa shape index (κ3) is 2.31. The van der Waals surface area contributed by atoms with Crippen molar-refractivity contribution in [1.29, 1.82) is 0 Å². The molecule has 1 atom stereocenters. The molecule has 5 nitrogen and oxygen atoms in total. The monoisotopic (exact) mass is 256 g/mol. The second-order valence-electron chi connectivity index (χ2n) is 4.86. The summed E-state index contributed by atoms with van der Waals surface area (Å²) < 4.78 is 0. The van der Waals surface area contributed by atoms with E-state index >= 15 is 0 Å². The van der Waals surface area contributed by atoms with Crippen molar-refractivity contribution in [2.24, 2.45) is 0 Å². The highest BCUT2D eigenvalue weighted by Gasteiger charge is 2.22. The number of H-pyrrole nitrogens is 1. The van der Waals surface area contributed by atoms with Crippen LogP contribution in [0.2, 0.25) is 0 Å². The third-order valence-electron chi connectivity index (χ3n) is 3.55. The maximum Gasteiger partial charge on any atom is 0.254 e. The molecule has 0 bridgehead atoms. The predicted octanol–water partition coefficient (Wildman–Crippen LogP) is 1.80. The molecule has 0 aliphatic heterocycles. The predicted molar refractivity (Wildman–Crippen MR) is 72.6 cm³/mol. The van der Waals surface area contributed by atoms with Gasteiger partial charge in [0.2, 0.25) is 0 Å². The topological polar surface area (TPSA) is 83.8 Å². The fraction of sp³-hybridized carbons (Fsp3) is 0.286. The Labute approximate surface area is 111 Å². The molecule has 0 saturated carbocycles. The molecular formula is C14H16N4O. The van der Waals surface area contributed by atoms with Crippen LogP contribution in [0.5, 0.6) is 0 Å². The van der Waals surface area contributed by atoms with Crippen LogP contribution in [-0.4, -0.2) is 16.1 Å². The number of hydrogen-bond acceptors (Lipinski definition) is 3. The van der Waals surface area contributed by atoms with Crippen LogP contribution >= 0.6 is 0 Å². The average molecular weight is 256 g/mol. The van der Waals surface area contributed by atoms with Gasteiger partial charge in [0.05, 0.1) is 17.8 Å². The minimum Gasteiger partial charge on any atom is -0.399 e. The van der Waals surface area contributed by atoms with E-state index in [0.717, 1.165) is 24.9 Å². The molecule has 0 saturated heterocycles. The van der Waals surface area contributed by atoms with E-state index in [1.807, 2.05) is 18.2 Å². The zero-order valence-corrected chi connectivity index (χ0v) is 10.5. The lowest BCUT2D eigenvalue weighted by Gasteiger charge is -2.26. The summed E-state index contributed by atoms with van der Waals surface area (Å²) in [5, 5.41) is 9.49. The molecule has 1 aliphatic carbocycles. The Morgan fingerprint density at radius 3 is 3.16 bits per heavy atom. The first-order chi connectivity index (χ1) is 9.24. The molecule has 98 valence electrons.